The van der Waals surface area contributed by atoms with E-state index < -0.39 is 0 Å². The largest absolute Gasteiger partial charge is 0.313 e. The van der Waals surface area contributed by atoms with Crippen molar-refractivity contribution in [3.05, 3.63) is 0 Å². The van der Waals surface area contributed by atoms with Gasteiger partial charge in [-0.25, -0.2) is 0 Å². The summed E-state index contributed by atoms with van der Waals surface area (Å²) in [6.45, 7) is 12.1. The molecule has 0 radical (unpaired) electrons. The second-order valence-corrected chi connectivity index (χ2v) is 5.63. The first kappa shape index (κ1) is 13.3. The van der Waals surface area contributed by atoms with E-state index in [4.69, 9.17) is 0 Å². The van der Waals surface area contributed by atoms with Crippen LogP contribution >= 0.6 is 0 Å². The van der Waals surface area contributed by atoms with Crippen LogP contribution in [0.25, 0.3) is 0 Å². The molecule has 3 heteroatoms. The monoisotopic (exact) mass is 239 g/mol. The lowest BCUT2D eigenvalue weighted by atomic mass is 10.2. The Hall–Kier alpha value is -0.120. The number of piperazine rings is 1. The van der Waals surface area contributed by atoms with Gasteiger partial charge in [0.05, 0.1) is 0 Å². The first-order chi connectivity index (χ1) is 8.33. The molecule has 0 aromatic carbocycles. The molecule has 1 saturated heterocycles. The van der Waals surface area contributed by atoms with Gasteiger partial charge >= 0.3 is 0 Å². The molecule has 1 atom stereocenters. The van der Waals surface area contributed by atoms with Gasteiger partial charge in [0.2, 0.25) is 0 Å². The van der Waals surface area contributed by atoms with Crippen molar-refractivity contribution in [1.29, 1.82) is 0 Å². The summed E-state index contributed by atoms with van der Waals surface area (Å²) in [6.07, 6.45) is 5.40. The van der Waals surface area contributed by atoms with Gasteiger partial charge < -0.3 is 5.32 Å². The summed E-state index contributed by atoms with van der Waals surface area (Å²) in [5, 5.41) is 3.66. The summed E-state index contributed by atoms with van der Waals surface area (Å²) >= 11 is 0. The molecule has 17 heavy (non-hydrogen) atoms. The van der Waals surface area contributed by atoms with Gasteiger partial charge in [0, 0.05) is 44.8 Å². The van der Waals surface area contributed by atoms with Crippen molar-refractivity contribution < 1.29 is 0 Å². The summed E-state index contributed by atoms with van der Waals surface area (Å²) in [6, 6.07) is 1.65. The molecule has 2 aliphatic rings. The first-order valence-corrected chi connectivity index (χ1v) is 7.53. The lowest BCUT2D eigenvalue weighted by Crippen LogP contribution is -2.51. The first-order valence-electron chi connectivity index (χ1n) is 7.53. The van der Waals surface area contributed by atoms with Gasteiger partial charge in [-0.05, 0) is 32.2 Å². The predicted octanol–water partition coefficient (Wildman–Crippen LogP) is 1.54. The standard InChI is InChI=1S/C14H29N3/c1-3-7-15-13(4-2)12-16-8-10-17(11-9-16)14-5-6-14/h13-15H,3-12H2,1-2H3. The van der Waals surface area contributed by atoms with Crippen molar-refractivity contribution in [2.24, 2.45) is 0 Å². The number of rotatable bonds is 7. The molecule has 0 spiro atoms. The minimum Gasteiger partial charge on any atom is -0.313 e. The highest BCUT2D eigenvalue weighted by atomic mass is 15.3. The fourth-order valence-electron chi connectivity index (χ4n) is 2.75. The molecule has 100 valence electrons. The van der Waals surface area contributed by atoms with Crippen molar-refractivity contribution in [1.82, 2.24) is 15.1 Å². The van der Waals surface area contributed by atoms with Crippen LogP contribution < -0.4 is 5.32 Å². The molecule has 1 saturated carbocycles. The smallest absolute Gasteiger partial charge is 0.0192 e. The Morgan fingerprint density at radius 2 is 1.82 bits per heavy atom. The third kappa shape index (κ3) is 4.23. The zero-order chi connectivity index (χ0) is 12.1. The minimum absolute atomic E-state index is 0.697. The van der Waals surface area contributed by atoms with Crippen molar-refractivity contribution in [3.63, 3.8) is 0 Å². The highest BCUT2D eigenvalue weighted by Crippen LogP contribution is 2.27. The molecule has 1 unspecified atom stereocenters. The maximum absolute atomic E-state index is 3.66. The predicted molar refractivity (Wildman–Crippen MR) is 73.4 cm³/mol. The SMILES string of the molecule is CCCNC(CC)CN1CCN(C2CC2)CC1. The van der Waals surface area contributed by atoms with Gasteiger partial charge in [-0.1, -0.05) is 13.8 Å². The fraction of sp³-hybridized carbons (Fsp3) is 1.00. The van der Waals surface area contributed by atoms with Crippen molar-refractivity contribution >= 4 is 0 Å². The number of nitrogens with zero attached hydrogens (tertiary/aromatic N) is 2. The van der Waals surface area contributed by atoms with Gasteiger partial charge in [-0.15, -0.1) is 0 Å². The lowest BCUT2D eigenvalue weighted by molar-refractivity contribution is 0.117. The molecular formula is C14H29N3. The Morgan fingerprint density at radius 1 is 1.12 bits per heavy atom. The van der Waals surface area contributed by atoms with Crippen molar-refractivity contribution in [2.75, 3.05) is 39.3 Å². The average molecular weight is 239 g/mol. The Bertz CT molecular complexity index is 208. The van der Waals surface area contributed by atoms with Crippen molar-refractivity contribution in [2.45, 2.75) is 51.6 Å². The van der Waals surface area contributed by atoms with Crippen LogP contribution in [0.15, 0.2) is 0 Å². The van der Waals surface area contributed by atoms with Crippen LogP contribution in [0.4, 0.5) is 0 Å². The number of hydrogen-bond donors (Lipinski definition) is 1. The van der Waals surface area contributed by atoms with E-state index in [9.17, 15) is 0 Å². The zero-order valence-corrected chi connectivity index (χ0v) is 11.6. The van der Waals surface area contributed by atoms with Gasteiger partial charge in [-0.3, -0.25) is 9.80 Å². The summed E-state index contributed by atoms with van der Waals surface area (Å²) in [5.41, 5.74) is 0. The highest BCUT2D eigenvalue weighted by molar-refractivity contribution is 4.88. The van der Waals surface area contributed by atoms with Crippen LogP contribution in [0.1, 0.15) is 39.5 Å². The summed E-state index contributed by atoms with van der Waals surface area (Å²) in [4.78, 5) is 5.34. The molecule has 0 bridgehead atoms. The third-order valence-electron chi connectivity index (χ3n) is 4.12. The molecule has 2 rings (SSSR count). The maximum Gasteiger partial charge on any atom is 0.0192 e. The van der Waals surface area contributed by atoms with Crippen LogP contribution in [0, 0.1) is 0 Å². The van der Waals surface area contributed by atoms with E-state index >= 15 is 0 Å². The third-order valence-corrected chi connectivity index (χ3v) is 4.12. The van der Waals surface area contributed by atoms with Crippen LogP contribution in [0.3, 0.4) is 0 Å². The molecule has 2 fully saturated rings. The number of nitrogens with one attached hydrogen (secondary N) is 1. The topological polar surface area (TPSA) is 18.5 Å². The molecule has 3 nitrogen and oxygen atoms in total. The van der Waals surface area contributed by atoms with Gasteiger partial charge in [-0.2, -0.15) is 0 Å². The lowest BCUT2D eigenvalue weighted by Gasteiger charge is -2.36. The molecule has 0 aromatic rings. The average Bonchev–Trinajstić information content (AvgIpc) is 3.19. The van der Waals surface area contributed by atoms with E-state index in [-0.39, 0.29) is 0 Å². The Morgan fingerprint density at radius 3 is 2.35 bits per heavy atom. The normalized spacial score (nSPS) is 25.1. The second-order valence-electron chi connectivity index (χ2n) is 5.63. The second kappa shape index (κ2) is 6.72. The minimum atomic E-state index is 0.697. The zero-order valence-electron chi connectivity index (χ0n) is 11.6. The van der Waals surface area contributed by atoms with E-state index in [1.807, 2.05) is 0 Å². The van der Waals surface area contributed by atoms with Crippen LogP contribution in [0.2, 0.25) is 0 Å². The molecule has 1 heterocycles. The van der Waals surface area contributed by atoms with Gasteiger partial charge in [0.1, 0.15) is 0 Å². The van der Waals surface area contributed by atoms with E-state index in [2.05, 4.69) is 29.0 Å². The Kier molecular flexibility index (Phi) is 5.26. The molecule has 0 aromatic heterocycles. The fourth-order valence-corrected chi connectivity index (χ4v) is 2.75. The van der Waals surface area contributed by atoms with E-state index in [1.165, 1.54) is 65.0 Å². The van der Waals surface area contributed by atoms with E-state index in [0.29, 0.717) is 6.04 Å². The molecule has 1 N–H and O–H groups in total. The Balaban J connectivity index is 1.64. The van der Waals surface area contributed by atoms with E-state index in [1.54, 1.807) is 0 Å². The van der Waals surface area contributed by atoms with Crippen LogP contribution in [-0.2, 0) is 0 Å². The molecule has 1 aliphatic heterocycles. The quantitative estimate of drug-likeness (QED) is 0.727. The highest BCUT2D eigenvalue weighted by Gasteiger charge is 2.31. The molecule has 1 aliphatic carbocycles. The Labute approximate surface area is 107 Å². The van der Waals surface area contributed by atoms with Crippen LogP contribution in [-0.4, -0.2) is 61.2 Å². The van der Waals surface area contributed by atoms with E-state index in [0.717, 1.165) is 6.04 Å². The maximum atomic E-state index is 3.66. The summed E-state index contributed by atoms with van der Waals surface area (Å²) in [7, 11) is 0. The summed E-state index contributed by atoms with van der Waals surface area (Å²) < 4.78 is 0. The number of hydrogen-bond acceptors (Lipinski definition) is 3. The van der Waals surface area contributed by atoms with Crippen LogP contribution in [0.5, 0.6) is 0 Å². The summed E-state index contributed by atoms with van der Waals surface area (Å²) in [5.74, 6) is 0. The molecule has 0 amide bonds. The van der Waals surface area contributed by atoms with Crippen molar-refractivity contribution in [3.8, 4) is 0 Å². The van der Waals surface area contributed by atoms with Gasteiger partial charge in [0.15, 0.2) is 0 Å². The van der Waals surface area contributed by atoms with Gasteiger partial charge in [0.25, 0.3) is 0 Å². The molecular weight excluding hydrogens is 210 g/mol.